The van der Waals surface area contributed by atoms with E-state index in [0.717, 1.165) is 39.7 Å². The number of fused-ring (bicyclic) bond motifs is 1. The van der Waals surface area contributed by atoms with Gasteiger partial charge in [-0.05, 0) is 51.0 Å². The molecule has 1 saturated heterocycles. The summed E-state index contributed by atoms with van der Waals surface area (Å²) in [6.45, 7) is 4.81. The molecule has 0 bridgehead atoms. The molecule has 1 amide bonds. The Morgan fingerprint density at radius 2 is 1.94 bits per heavy atom. The van der Waals surface area contributed by atoms with Crippen molar-refractivity contribution in [3.63, 3.8) is 0 Å². The average Bonchev–Trinajstić information content (AvgIpc) is 3.16. The third-order valence-corrected chi connectivity index (χ3v) is 8.10. The normalized spacial score (nSPS) is 18.9. The summed E-state index contributed by atoms with van der Waals surface area (Å²) >= 11 is 0. The molecule has 2 aromatic carbocycles. The number of piperidine rings is 1. The molecular weight excluding hydrogens is 466 g/mol. The third-order valence-electron chi connectivity index (χ3n) is 6.17. The molecule has 10 heteroatoms. The first-order chi connectivity index (χ1) is 16.2. The number of ether oxygens (including phenoxy) is 2. The maximum atomic E-state index is 14.0. The van der Waals surface area contributed by atoms with E-state index in [4.69, 9.17) is 9.47 Å². The Morgan fingerprint density at radius 3 is 2.62 bits per heavy atom. The summed E-state index contributed by atoms with van der Waals surface area (Å²) in [5, 5.41) is 2.93. The molecule has 2 heterocycles. The van der Waals surface area contributed by atoms with Gasteiger partial charge in [0.15, 0.2) is 0 Å². The highest BCUT2D eigenvalue weighted by Gasteiger charge is 2.33. The number of nitrogens with one attached hydrogen (secondary N) is 1. The molecule has 7 nitrogen and oxygen atoms in total. The zero-order chi connectivity index (χ0) is 24.5. The molecule has 0 radical (unpaired) electrons. The summed E-state index contributed by atoms with van der Waals surface area (Å²) in [6.07, 6.45) is 1.51. The Kier molecular flexibility index (Phi) is 7.09. The van der Waals surface area contributed by atoms with Crippen LogP contribution in [0.5, 0.6) is 11.5 Å². The molecule has 0 aromatic heterocycles. The predicted octanol–water partition coefficient (Wildman–Crippen LogP) is 3.40. The number of halogens is 2. The molecule has 184 valence electrons. The average molecular weight is 495 g/mol. The van der Waals surface area contributed by atoms with E-state index in [-0.39, 0.29) is 37.6 Å². The van der Waals surface area contributed by atoms with E-state index >= 15 is 0 Å². The minimum absolute atomic E-state index is 0.0754. The van der Waals surface area contributed by atoms with Gasteiger partial charge in [0.05, 0.1) is 6.61 Å². The highest BCUT2D eigenvalue weighted by Crippen LogP contribution is 2.35. The maximum absolute atomic E-state index is 14.0. The largest absolute Gasteiger partial charge is 0.494 e. The van der Waals surface area contributed by atoms with Gasteiger partial charge in [-0.2, -0.15) is 4.31 Å². The van der Waals surface area contributed by atoms with Crippen molar-refractivity contribution in [2.75, 3.05) is 19.7 Å². The number of carbonyl (C=O) groups is 1. The number of amides is 1. The Hall–Kier alpha value is -2.72. The Balaban J connectivity index is 1.37. The molecule has 0 unspecified atom stereocenters. The SMILES string of the molecule is CCOc1cc2c(cc1CNC(=O)C1CCN(S(=O)(=O)c3ccc(F)cc3F)CC1)O[C@H](C)C2. The molecule has 0 saturated carbocycles. The summed E-state index contributed by atoms with van der Waals surface area (Å²) in [7, 11) is -4.11. The molecule has 2 aromatic rings. The lowest BCUT2D eigenvalue weighted by Crippen LogP contribution is -2.43. The lowest BCUT2D eigenvalue weighted by Gasteiger charge is -2.30. The Bertz CT molecular complexity index is 1180. The smallest absolute Gasteiger partial charge is 0.245 e. The van der Waals surface area contributed by atoms with Crippen molar-refractivity contribution in [3.05, 3.63) is 53.1 Å². The number of rotatable bonds is 7. The van der Waals surface area contributed by atoms with Gasteiger partial charge < -0.3 is 14.8 Å². The minimum atomic E-state index is -4.11. The van der Waals surface area contributed by atoms with Crippen LogP contribution in [0.4, 0.5) is 8.78 Å². The Morgan fingerprint density at radius 1 is 1.21 bits per heavy atom. The van der Waals surface area contributed by atoms with Gasteiger partial charge in [0.2, 0.25) is 15.9 Å². The van der Waals surface area contributed by atoms with Crippen molar-refractivity contribution in [1.29, 1.82) is 0 Å². The second-order valence-electron chi connectivity index (χ2n) is 8.60. The number of nitrogens with zero attached hydrogens (tertiary/aromatic N) is 1. The van der Waals surface area contributed by atoms with E-state index in [1.54, 1.807) is 0 Å². The van der Waals surface area contributed by atoms with Gasteiger partial charge in [-0.1, -0.05) is 0 Å². The van der Waals surface area contributed by atoms with Gasteiger partial charge in [-0.3, -0.25) is 4.79 Å². The molecule has 4 rings (SSSR count). The van der Waals surface area contributed by atoms with Crippen molar-refractivity contribution in [1.82, 2.24) is 9.62 Å². The van der Waals surface area contributed by atoms with Gasteiger partial charge >= 0.3 is 0 Å². The van der Waals surface area contributed by atoms with Crippen molar-refractivity contribution in [2.45, 2.75) is 50.7 Å². The van der Waals surface area contributed by atoms with E-state index in [1.165, 1.54) is 0 Å². The summed E-state index contributed by atoms with van der Waals surface area (Å²) in [6, 6.07) is 6.25. The second kappa shape index (κ2) is 9.87. The molecule has 0 spiro atoms. The van der Waals surface area contributed by atoms with Crippen molar-refractivity contribution >= 4 is 15.9 Å². The quantitative estimate of drug-likeness (QED) is 0.638. The minimum Gasteiger partial charge on any atom is -0.494 e. The highest BCUT2D eigenvalue weighted by molar-refractivity contribution is 7.89. The van der Waals surface area contributed by atoms with Crippen LogP contribution in [0.25, 0.3) is 0 Å². The topological polar surface area (TPSA) is 84.9 Å². The van der Waals surface area contributed by atoms with Crippen LogP contribution in [0.2, 0.25) is 0 Å². The first kappa shape index (κ1) is 24.4. The van der Waals surface area contributed by atoms with E-state index < -0.39 is 26.6 Å². The van der Waals surface area contributed by atoms with E-state index in [1.807, 2.05) is 26.0 Å². The second-order valence-corrected chi connectivity index (χ2v) is 10.5. The van der Waals surface area contributed by atoms with Crippen LogP contribution < -0.4 is 14.8 Å². The number of carbonyl (C=O) groups excluding carboxylic acids is 1. The Labute approximate surface area is 198 Å². The zero-order valence-electron chi connectivity index (χ0n) is 19.1. The fourth-order valence-electron chi connectivity index (χ4n) is 4.42. The number of hydrogen-bond acceptors (Lipinski definition) is 5. The number of sulfonamides is 1. The van der Waals surface area contributed by atoms with Crippen LogP contribution in [0.15, 0.2) is 35.2 Å². The van der Waals surface area contributed by atoms with Crippen LogP contribution in [-0.4, -0.2) is 44.4 Å². The van der Waals surface area contributed by atoms with E-state index in [0.29, 0.717) is 31.3 Å². The zero-order valence-corrected chi connectivity index (χ0v) is 20.0. The standard InChI is InChI=1S/C24H28F2N2O5S/c1-3-32-21-11-17-10-15(2)33-22(17)12-18(21)14-27-24(29)16-6-8-28(9-7-16)34(30,31)23-5-4-19(25)13-20(23)26/h4-5,11-13,15-16H,3,6-10,14H2,1-2H3,(H,27,29)/t15-/m1/s1. The van der Waals surface area contributed by atoms with Crippen molar-refractivity contribution in [3.8, 4) is 11.5 Å². The maximum Gasteiger partial charge on any atom is 0.245 e. The summed E-state index contributed by atoms with van der Waals surface area (Å²) in [5.41, 5.74) is 1.90. The number of benzene rings is 2. The van der Waals surface area contributed by atoms with Crippen LogP contribution in [0.1, 0.15) is 37.8 Å². The van der Waals surface area contributed by atoms with Crippen molar-refractivity contribution in [2.24, 2.45) is 5.92 Å². The van der Waals surface area contributed by atoms with Crippen LogP contribution in [-0.2, 0) is 27.8 Å². The van der Waals surface area contributed by atoms with Gasteiger partial charge in [-0.15, -0.1) is 0 Å². The van der Waals surface area contributed by atoms with Crippen LogP contribution >= 0.6 is 0 Å². The van der Waals surface area contributed by atoms with Gasteiger partial charge in [-0.25, -0.2) is 17.2 Å². The molecule has 0 aliphatic carbocycles. The number of hydrogen-bond donors (Lipinski definition) is 1. The first-order valence-electron chi connectivity index (χ1n) is 11.4. The predicted molar refractivity (Wildman–Crippen MR) is 121 cm³/mol. The van der Waals surface area contributed by atoms with Crippen LogP contribution in [0, 0.1) is 17.6 Å². The molecule has 2 aliphatic heterocycles. The molecule has 1 atom stereocenters. The lowest BCUT2D eigenvalue weighted by molar-refractivity contribution is -0.126. The molecule has 34 heavy (non-hydrogen) atoms. The highest BCUT2D eigenvalue weighted by atomic mass is 32.2. The summed E-state index contributed by atoms with van der Waals surface area (Å²) in [5.74, 6) is -1.01. The fraction of sp³-hybridized carbons (Fsp3) is 0.458. The van der Waals surface area contributed by atoms with Gasteiger partial charge in [0.25, 0.3) is 0 Å². The molecular formula is C24H28F2N2O5S. The molecule has 2 aliphatic rings. The lowest BCUT2D eigenvalue weighted by atomic mass is 9.97. The molecule has 1 N–H and O–H groups in total. The fourth-order valence-corrected chi connectivity index (χ4v) is 5.93. The van der Waals surface area contributed by atoms with Crippen LogP contribution in [0.3, 0.4) is 0 Å². The summed E-state index contributed by atoms with van der Waals surface area (Å²) < 4.78 is 65.4. The van der Waals surface area contributed by atoms with E-state index in [9.17, 15) is 22.0 Å². The summed E-state index contributed by atoms with van der Waals surface area (Å²) in [4.78, 5) is 12.2. The van der Waals surface area contributed by atoms with Gasteiger partial charge in [0.1, 0.15) is 34.1 Å². The van der Waals surface area contributed by atoms with Gasteiger partial charge in [0, 0.05) is 49.2 Å². The third kappa shape index (κ3) is 5.02. The first-order valence-corrected chi connectivity index (χ1v) is 12.8. The monoisotopic (exact) mass is 494 g/mol. The van der Waals surface area contributed by atoms with Crippen molar-refractivity contribution < 1.29 is 31.5 Å². The van der Waals surface area contributed by atoms with E-state index in [2.05, 4.69) is 5.32 Å². The molecule has 1 fully saturated rings.